The first-order valence-corrected chi connectivity index (χ1v) is 5.40. The molecule has 2 nitrogen and oxygen atoms in total. The summed E-state index contributed by atoms with van der Waals surface area (Å²) >= 11 is 0. The third-order valence-corrected chi connectivity index (χ3v) is 2.66. The van der Waals surface area contributed by atoms with Crippen LogP contribution in [0.15, 0.2) is 9.59 Å². The zero-order valence-electron chi connectivity index (χ0n) is 9.87. The molecule has 10 radical (unpaired) electrons. The third kappa shape index (κ3) is 3.33. The summed E-state index contributed by atoms with van der Waals surface area (Å²) in [4.78, 5) is 21.9. The van der Waals surface area contributed by atoms with Crippen LogP contribution in [0.1, 0.15) is 11.1 Å². The van der Waals surface area contributed by atoms with Gasteiger partial charge in [0.25, 0.3) is 0 Å². The van der Waals surface area contributed by atoms with Gasteiger partial charge in [0, 0.05) is 34.1 Å². The summed E-state index contributed by atoms with van der Waals surface area (Å²) in [7, 11) is 0. The van der Waals surface area contributed by atoms with Gasteiger partial charge in [-0.3, -0.25) is 9.59 Å². The predicted molar refractivity (Wildman–Crippen MR) is 67.1 cm³/mol. The molecule has 18 heavy (non-hydrogen) atoms. The van der Waals surface area contributed by atoms with E-state index in [-0.39, 0.29) is 27.9 Å². The van der Waals surface area contributed by atoms with Crippen LogP contribution in [0, 0.1) is 70.6 Å². The van der Waals surface area contributed by atoms with Gasteiger partial charge in [0.1, 0.15) is 0 Å². The van der Waals surface area contributed by atoms with E-state index in [0.29, 0.717) is 11.1 Å². The van der Waals surface area contributed by atoms with E-state index in [1.165, 1.54) is 0 Å². The summed E-state index contributed by atoms with van der Waals surface area (Å²) in [5, 5.41) is 0. The minimum absolute atomic E-state index is 0. The molecule has 0 spiro atoms. The molecule has 0 aromatic heterocycles. The maximum atomic E-state index is 11.1. The molecule has 1 aromatic carbocycles. The Labute approximate surface area is 119 Å². The molecule has 92 valence electrons. The maximum absolute atomic E-state index is 11.1. The Bertz CT molecular complexity index is 426. The average Bonchev–Trinajstić information content (AvgIpc) is 3.04. The van der Waals surface area contributed by atoms with Gasteiger partial charge in [-0.05, 0) is 64.7 Å². The fraction of sp³-hybridized carbons (Fsp3) is 0.0667. The molecule has 1 aromatic rings. The molecule has 2 aliphatic rings. The van der Waals surface area contributed by atoms with Crippen molar-refractivity contribution < 1.29 is 17.1 Å². The van der Waals surface area contributed by atoms with Crippen molar-refractivity contribution in [1.29, 1.82) is 0 Å². The standard InChI is InChI=1S/C10H7O2.C5H5.Fe/c1-6-8(10(12)9(6)11)7-4-2-3-5-7;1-2-4-5-3-1;/h2-5H,1H3;1-5H;. The van der Waals surface area contributed by atoms with E-state index in [9.17, 15) is 9.59 Å². The molecule has 0 bridgehead atoms. The Morgan fingerprint density at radius 2 is 1.17 bits per heavy atom. The van der Waals surface area contributed by atoms with Gasteiger partial charge >= 0.3 is 0 Å². The van der Waals surface area contributed by atoms with Crippen LogP contribution in [0.4, 0.5) is 0 Å². The van der Waals surface area contributed by atoms with Crippen LogP contribution >= 0.6 is 0 Å². The number of hydrogen-bond acceptors (Lipinski definition) is 2. The molecule has 0 saturated heterocycles. The molecule has 0 N–H and O–H groups in total. The van der Waals surface area contributed by atoms with E-state index in [4.69, 9.17) is 0 Å². The summed E-state index contributed by atoms with van der Waals surface area (Å²) in [5.41, 5.74) is 0.487. The first kappa shape index (κ1) is 15.7. The second-order valence-corrected chi connectivity index (χ2v) is 3.79. The molecule has 0 heterocycles. The van der Waals surface area contributed by atoms with Crippen LogP contribution in [0.3, 0.4) is 0 Å². The van der Waals surface area contributed by atoms with E-state index >= 15 is 0 Å². The quantitative estimate of drug-likeness (QED) is 0.575. The summed E-state index contributed by atoms with van der Waals surface area (Å²) in [5.74, 6) is 0.858. The van der Waals surface area contributed by atoms with Crippen molar-refractivity contribution in [3.8, 4) is 0 Å². The van der Waals surface area contributed by atoms with Gasteiger partial charge in [0.15, 0.2) is 0 Å². The largest absolute Gasteiger partial charge is 0.285 e. The summed E-state index contributed by atoms with van der Waals surface area (Å²) in [6, 6.07) is 0. The molecule has 0 amide bonds. The van der Waals surface area contributed by atoms with E-state index in [0.717, 1.165) is 5.92 Å². The van der Waals surface area contributed by atoms with Crippen LogP contribution in [0.5, 0.6) is 0 Å². The van der Waals surface area contributed by atoms with Crippen molar-refractivity contribution in [2.75, 3.05) is 0 Å². The maximum Gasteiger partial charge on any atom is 0.230 e. The van der Waals surface area contributed by atoms with Crippen molar-refractivity contribution in [3.63, 3.8) is 0 Å². The number of rotatable bonds is 1. The predicted octanol–water partition coefficient (Wildman–Crippen LogP) is 1.36. The minimum atomic E-state index is -0.348. The van der Waals surface area contributed by atoms with Gasteiger partial charge < -0.3 is 0 Å². The second-order valence-electron chi connectivity index (χ2n) is 3.79. The zero-order valence-corrected chi connectivity index (χ0v) is 11.0. The van der Waals surface area contributed by atoms with E-state index in [1.54, 1.807) is 6.92 Å². The van der Waals surface area contributed by atoms with Crippen LogP contribution < -0.4 is 10.9 Å². The Kier molecular flexibility index (Phi) is 6.31. The molecule has 0 aliphatic heterocycles. The number of hydrogen-bond donors (Lipinski definition) is 0. The monoisotopic (exact) mass is 280 g/mol. The Morgan fingerprint density at radius 1 is 0.722 bits per heavy atom. The molecular formula is C15H12FeO2. The Hall–Kier alpha value is -0.401. The third-order valence-electron chi connectivity index (χ3n) is 2.66. The molecule has 2 fully saturated rings. The Morgan fingerprint density at radius 3 is 1.56 bits per heavy atom. The molecule has 2 aliphatic carbocycles. The van der Waals surface area contributed by atoms with E-state index in [2.05, 4.69) is 0 Å². The van der Waals surface area contributed by atoms with Crippen molar-refractivity contribution in [2.24, 2.45) is 0 Å². The van der Waals surface area contributed by atoms with Gasteiger partial charge in [-0.2, -0.15) is 0 Å². The molecule has 0 atom stereocenters. The smallest absolute Gasteiger partial charge is 0.230 e. The van der Waals surface area contributed by atoms with Crippen molar-refractivity contribution in [3.05, 3.63) is 95.3 Å². The first-order chi connectivity index (χ1) is 8.22. The average molecular weight is 280 g/mol. The van der Waals surface area contributed by atoms with Gasteiger partial charge in [-0.15, -0.1) is 0 Å². The van der Waals surface area contributed by atoms with Gasteiger partial charge in [0.2, 0.25) is 10.9 Å². The van der Waals surface area contributed by atoms with Crippen molar-refractivity contribution >= 4 is 0 Å². The SMILES string of the molecule is Cc1c([C]2[CH][CH][CH][CH]2)c(=O)c1=O.[CH]1[CH][CH][CH][CH]1.[Fe]. The summed E-state index contributed by atoms with van der Waals surface area (Å²) in [6.45, 7) is 1.69. The minimum Gasteiger partial charge on any atom is -0.285 e. The van der Waals surface area contributed by atoms with E-state index < -0.39 is 0 Å². The zero-order chi connectivity index (χ0) is 12.3. The second kappa shape index (κ2) is 7.25. The first-order valence-electron chi connectivity index (χ1n) is 5.40. The van der Waals surface area contributed by atoms with Crippen LogP contribution in [0.2, 0.25) is 0 Å². The summed E-state index contributed by atoms with van der Waals surface area (Å²) in [6.07, 6.45) is 17.4. The molecule has 0 unspecified atom stereocenters. The van der Waals surface area contributed by atoms with Gasteiger partial charge in [0.05, 0.1) is 0 Å². The van der Waals surface area contributed by atoms with Crippen LogP contribution in [-0.2, 0) is 17.1 Å². The van der Waals surface area contributed by atoms with Gasteiger partial charge in [-0.25, -0.2) is 0 Å². The van der Waals surface area contributed by atoms with Crippen LogP contribution in [-0.4, -0.2) is 0 Å². The molecule has 3 heteroatoms. The molecular weight excluding hydrogens is 268 g/mol. The fourth-order valence-electron chi connectivity index (χ4n) is 1.71. The summed E-state index contributed by atoms with van der Waals surface area (Å²) < 4.78 is 0. The molecule has 3 rings (SSSR count). The van der Waals surface area contributed by atoms with Crippen molar-refractivity contribution in [2.45, 2.75) is 6.92 Å². The van der Waals surface area contributed by atoms with Gasteiger partial charge in [-0.1, -0.05) is 0 Å². The normalized spacial score (nSPS) is 19.4. The topological polar surface area (TPSA) is 34.1 Å². The van der Waals surface area contributed by atoms with E-state index in [1.807, 2.05) is 57.8 Å². The fourth-order valence-corrected chi connectivity index (χ4v) is 1.71. The van der Waals surface area contributed by atoms with Crippen LogP contribution in [0.25, 0.3) is 0 Å². The van der Waals surface area contributed by atoms with Crippen molar-refractivity contribution in [1.82, 2.24) is 0 Å². The Balaban J connectivity index is 0.000000230. The molecule has 2 saturated carbocycles.